The van der Waals surface area contributed by atoms with Crippen molar-refractivity contribution < 1.29 is 4.79 Å². The quantitative estimate of drug-likeness (QED) is 0.777. The van der Waals surface area contributed by atoms with Crippen molar-refractivity contribution in [2.24, 2.45) is 0 Å². The molecule has 0 radical (unpaired) electrons. The van der Waals surface area contributed by atoms with Crippen LogP contribution in [0, 0.1) is 11.3 Å². The first-order valence-electron chi connectivity index (χ1n) is 8.81. The van der Waals surface area contributed by atoms with Gasteiger partial charge in [0.05, 0.1) is 29.1 Å². The number of anilines is 2. The summed E-state index contributed by atoms with van der Waals surface area (Å²) in [7, 11) is 0. The van der Waals surface area contributed by atoms with Gasteiger partial charge in [0.15, 0.2) is 0 Å². The third kappa shape index (κ3) is 3.65. The molecule has 5 heteroatoms. The van der Waals surface area contributed by atoms with Crippen molar-refractivity contribution in [1.82, 2.24) is 4.98 Å². The molecule has 1 N–H and O–H groups in total. The molecule has 0 fully saturated rings. The van der Waals surface area contributed by atoms with Gasteiger partial charge in [-0.25, -0.2) is 0 Å². The molecule has 0 spiro atoms. The van der Waals surface area contributed by atoms with Gasteiger partial charge in [-0.1, -0.05) is 30.3 Å². The number of nitrogens with zero attached hydrogens (tertiary/aromatic N) is 3. The van der Waals surface area contributed by atoms with Gasteiger partial charge in [-0.3, -0.25) is 9.78 Å². The molecular formula is C22H18N4O. The average Bonchev–Trinajstić information content (AvgIpc) is 2.73. The molecule has 5 nitrogen and oxygen atoms in total. The van der Waals surface area contributed by atoms with Gasteiger partial charge in [-0.15, -0.1) is 0 Å². The number of benzene rings is 2. The number of pyridine rings is 1. The zero-order chi connectivity index (χ0) is 18.6. The third-order valence-electron chi connectivity index (χ3n) is 4.73. The largest absolute Gasteiger partial charge is 0.366 e. The first-order valence-corrected chi connectivity index (χ1v) is 8.81. The Morgan fingerprint density at radius 2 is 1.93 bits per heavy atom. The van der Waals surface area contributed by atoms with Gasteiger partial charge in [-0.2, -0.15) is 5.26 Å². The predicted molar refractivity (Wildman–Crippen MR) is 105 cm³/mol. The molecule has 0 saturated heterocycles. The summed E-state index contributed by atoms with van der Waals surface area (Å²) in [5.74, 6) is -0.239. The van der Waals surface area contributed by atoms with Crippen LogP contribution in [0.1, 0.15) is 27.0 Å². The summed E-state index contributed by atoms with van der Waals surface area (Å²) in [4.78, 5) is 19.1. The molecular weight excluding hydrogens is 336 g/mol. The Morgan fingerprint density at radius 3 is 2.78 bits per heavy atom. The van der Waals surface area contributed by atoms with Gasteiger partial charge >= 0.3 is 0 Å². The van der Waals surface area contributed by atoms with Crippen LogP contribution < -0.4 is 10.2 Å². The Kier molecular flexibility index (Phi) is 4.54. The molecule has 0 bridgehead atoms. The number of nitriles is 1. The predicted octanol–water partition coefficient (Wildman–Crippen LogP) is 3.77. The number of nitrogens with one attached hydrogen (secondary N) is 1. The SMILES string of the molecule is N#Cc1cccc(NC(=O)c2cncc(N3CCc4ccccc4C3)c2)c1. The zero-order valence-electron chi connectivity index (χ0n) is 14.7. The number of rotatable bonds is 3. The van der Waals surface area contributed by atoms with Crippen LogP contribution in [-0.2, 0) is 13.0 Å². The molecule has 1 amide bonds. The lowest BCUT2D eigenvalue weighted by Crippen LogP contribution is -2.30. The van der Waals surface area contributed by atoms with Crippen molar-refractivity contribution in [3.63, 3.8) is 0 Å². The summed E-state index contributed by atoms with van der Waals surface area (Å²) in [6.07, 6.45) is 4.33. The summed E-state index contributed by atoms with van der Waals surface area (Å²) < 4.78 is 0. The highest BCUT2D eigenvalue weighted by Crippen LogP contribution is 2.24. The first-order chi connectivity index (χ1) is 13.2. The van der Waals surface area contributed by atoms with E-state index in [1.807, 2.05) is 6.07 Å². The molecule has 1 aromatic heterocycles. The number of amides is 1. The number of aromatic nitrogens is 1. The molecule has 2 aromatic carbocycles. The highest BCUT2D eigenvalue weighted by molar-refractivity contribution is 6.04. The van der Waals surface area contributed by atoms with E-state index in [1.54, 1.807) is 36.7 Å². The van der Waals surface area contributed by atoms with E-state index in [1.165, 1.54) is 11.1 Å². The third-order valence-corrected chi connectivity index (χ3v) is 4.73. The summed E-state index contributed by atoms with van der Waals surface area (Å²) in [6, 6.07) is 19.2. The van der Waals surface area contributed by atoms with Gasteiger partial charge in [0.25, 0.3) is 5.91 Å². The van der Waals surface area contributed by atoms with Gasteiger partial charge in [0.2, 0.25) is 0 Å². The van der Waals surface area contributed by atoms with E-state index in [-0.39, 0.29) is 5.91 Å². The number of fused-ring (bicyclic) bond motifs is 1. The van der Waals surface area contributed by atoms with Crippen LogP contribution in [-0.4, -0.2) is 17.4 Å². The minimum absolute atomic E-state index is 0.239. The van der Waals surface area contributed by atoms with Crippen LogP contribution in [0.15, 0.2) is 67.0 Å². The maximum atomic E-state index is 12.6. The van der Waals surface area contributed by atoms with E-state index < -0.39 is 0 Å². The van der Waals surface area contributed by atoms with Crippen LogP contribution in [0.25, 0.3) is 0 Å². The highest BCUT2D eigenvalue weighted by Gasteiger charge is 2.17. The molecule has 3 aromatic rings. The van der Waals surface area contributed by atoms with Crippen LogP contribution in [0.2, 0.25) is 0 Å². The Balaban J connectivity index is 1.52. The second-order valence-electron chi connectivity index (χ2n) is 6.52. The van der Waals surface area contributed by atoms with Crippen LogP contribution in [0.4, 0.5) is 11.4 Å². The molecule has 0 aliphatic carbocycles. The Labute approximate surface area is 157 Å². The molecule has 2 heterocycles. The summed E-state index contributed by atoms with van der Waals surface area (Å²) in [5.41, 5.74) is 5.22. The Bertz CT molecular complexity index is 1040. The van der Waals surface area contributed by atoms with Crippen molar-refractivity contribution >= 4 is 17.3 Å². The van der Waals surface area contributed by atoms with E-state index in [2.05, 4.69) is 45.5 Å². The lowest BCUT2D eigenvalue weighted by atomic mass is 9.99. The molecule has 0 atom stereocenters. The second kappa shape index (κ2) is 7.30. The number of carbonyl (C=O) groups excluding carboxylic acids is 1. The minimum Gasteiger partial charge on any atom is -0.366 e. The van der Waals surface area contributed by atoms with E-state index >= 15 is 0 Å². The van der Waals surface area contributed by atoms with Crippen LogP contribution in [0.5, 0.6) is 0 Å². The van der Waals surface area contributed by atoms with E-state index in [0.29, 0.717) is 16.8 Å². The van der Waals surface area contributed by atoms with E-state index in [0.717, 1.165) is 25.2 Å². The van der Waals surface area contributed by atoms with Crippen molar-refractivity contribution in [1.29, 1.82) is 5.26 Å². The first kappa shape index (κ1) is 16.8. The molecule has 1 aliphatic rings. The average molecular weight is 354 g/mol. The van der Waals surface area contributed by atoms with E-state index in [9.17, 15) is 4.79 Å². The fourth-order valence-corrected chi connectivity index (χ4v) is 3.31. The number of hydrogen-bond donors (Lipinski definition) is 1. The fraction of sp³-hybridized carbons (Fsp3) is 0.136. The lowest BCUT2D eigenvalue weighted by Gasteiger charge is -2.30. The van der Waals surface area contributed by atoms with Crippen molar-refractivity contribution in [3.8, 4) is 6.07 Å². The molecule has 0 saturated carbocycles. The monoisotopic (exact) mass is 354 g/mol. The Morgan fingerprint density at radius 1 is 1.07 bits per heavy atom. The van der Waals surface area contributed by atoms with Crippen molar-refractivity contribution in [3.05, 3.63) is 89.2 Å². The highest BCUT2D eigenvalue weighted by atomic mass is 16.1. The van der Waals surface area contributed by atoms with Crippen LogP contribution in [0.3, 0.4) is 0 Å². The van der Waals surface area contributed by atoms with Crippen LogP contribution >= 0.6 is 0 Å². The topological polar surface area (TPSA) is 69.0 Å². The number of hydrogen-bond acceptors (Lipinski definition) is 4. The second-order valence-corrected chi connectivity index (χ2v) is 6.52. The molecule has 0 unspecified atom stereocenters. The minimum atomic E-state index is -0.239. The summed E-state index contributed by atoms with van der Waals surface area (Å²) in [6.45, 7) is 1.71. The van der Waals surface area contributed by atoms with Crippen molar-refractivity contribution in [2.75, 3.05) is 16.8 Å². The smallest absolute Gasteiger partial charge is 0.257 e. The molecule has 132 valence electrons. The summed E-state index contributed by atoms with van der Waals surface area (Å²) in [5, 5.41) is 11.8. The standard InChI is InChI=1S/C22H18N4O/c23-12-16-4-3-7-20(10-16)25-22(27)19-11-21(14-24-13-19)26-9-8-17-5-1-2-6-18(17)15-26/h1-7,10-11,13-14H,8-9,15H2,(H,25,27). The normalized spacial score (nSPS) is 12.8. The van der Waals surface area contributed by atoms with E-state index in [4.69, 9.17) is 5.26 Å². The van der Waals surface area contributed by atoms with Gasteiger partial charge in [0.1, 0.15) is 0 Å². The zero-order valence-corrected chi connectivity index (χ0v) is 14.7. The molecule has 4 rings (SSSR count). The molecule has 27 heavy (non-hydrogen) atoms. The lowest BCUT2D eigenvalue weighted by molar-refractivity contribution is 0.102. The van der Waals surface area contributed by atoms with Gasteiger partial charge in [-0.05, 0) is 41.8 Å². The van der Waals surface area contributed by atoms with Gasteiger partial charge in [0, 0.05) is 25.0 Å². The fourth-order valence-electron chi connectivity index (χ4n) is 3.31. The summed E-state index contributed by atoms with van der Waals surface area (Å²) >= 11 is 0. The maximum absolute atomic E-state index is 12.6. The van der Waals surface area contributed by atoms with Crippen molar-refractivity contribution in [2.45, 2.75) is 13.0 Å². The Hall–Kier alpha value is -3.65. The number of carbonyl (C=O) groups is 1. The maximum Gasteiger partial charge on any atom is 0.257 e. The van der Waals surface area contributed by atoms with Gasteiger partial charge < -0.3 is 10.2 Å². The molecule has 1 aliphatic heterocycles.